The van der Waals surface area contributed by atoms with Crippen molar-refractivity contribution in [1.82, 2.24) is 4.57 Å². The number of halogens is 3. The van der Waals surface area contributed by atoms with Crippen LogP contribution in [0.3, 0.4) is 0 Å². The fraction of sp³-hybridized carbons (Fsp3) is 0.267. The Kier molecular flexibility index (Phi) is 4.21. The molecule has 1 aromatic heterocycles. The Labute approximate surface area is 127 Å². The summed E-state index contributed by atoms with van der Waals surface area (Å²) in [7, 11) is 0. The van der Waals surface area contributed by atoms with Crippen molar-refractivity contribution in [1.29, 1.82) is 0 Å². The second-order valence-corrected chi connectivity index (χ2v) is 5.76. The molecular weight excluding hydrogens is 300 g/mol. The number of Topliss-reactive ketones (excluding diaryl/α,β-unsaturated/α-hetero) is 1. The zero-order valence-electron chi connectivity index (χ0n) is 11.4. The second-order valence-electron chi connectivity index (χ2n) is 4.70. The van der Waals surface area contributed by atoms with Crippen molar-refractivity contribution in [3.63, 3.8) is 0 Å². The van der Waals surface area contributed by atoms with Crippen molar-refractivity contribution >= 4 is 29.0 Å². The predicted molar refractivity (Wildman–Crippen MR) is 79.9 cm³/mol. The Hall–Kier alpha value is -1.32. The van der Waals surface area contributed by atoms with Gasteiger partial charge in [-0.15, -0.1) is 11.6 Å². The van der Waals surface area contributed by atoms with E-state index < -0.39 is 11.2 Å². The molecule has 0 aliphatic rings. The lowest BCUT2D eigenvalue weighted by atomic mass is 10.1. The molecule has 0 spiro atoms. The molecule has 0 N–H and O–H groups in total. The topological polar surface area (TPSA) is 22.0 Å². The molecule has 0 saturated carbocycles. The molecule has 1 atom stereocenters. The van der Waals surface area contributed by atoms with Gasteiger partial charge in [0, 0.05) is 17.0 Å². The van der Waals surface area contributed by atoms with Gasteiger partial charge in [-0.1, -0.05) is 11.6 Å². The number of carbonyl (C=O) groups is 1. The third-order valence-electron chi connectivity index (χ3n) is 3.21. The van der Waals surface area contributed by atoms with Crippen LogP contribution in [0.15, 0.2) is 24.3 Å². The molecule has 1 heterocycles. The number of hydrogen-bond donors (Lipinski definition) is 0. The van der Waals surface area contributed by atoms with Gasteiger partial charge in [0.2, 0.25) is 0 Å². The summed E-state index contributed by atoms with van der Waals surface area (Å²) in [5.41, 5.74) is 2.79. The van der Waals surface area contributed by atoms with E-state index >= 15 is 0 Å². The number of alkyl halides is 1. The van der Waals surface area contributed by atoms with Gasteiger partial charge in [-0.25, -0.2) is 4.39 Å². The fourth-order valence-corrected chi connectivity index (χ4v) is 2.63. The number of rotatable bonds is 3. The summed E-state index contributed by atoms with van der Waals surface area (Å²) in [6.45, 7) is 5.32. The average molecular weight is 314 g/mol. The molecule has 20 heavy (non-hydrogen) atoms. The summed E-state index contributed by atoms with van der Waals surface area (Å²) >= 11 is 11.9. The van der Waals surface area contributed by atoms with E-state index in [0.29, 0.717) is 16.3 Å². The maximum atomic E-state index is 13.1. The lowest BCUT2D eigenvalue weighted by Gasteiger charge is -2.12. The van der Waals surface area contributed by atoms with Crippen molar-refractivity contribution in [3.05, 3.63) is 52.1 Å². The van der Waals surface area contributed by atoms with Crippen LogP contribution in [-0.2, 0) is 0 Å². The summed E-state index contributed by atoms with van der Waals surface area (Å²) < 4.78 is 15.0. The molecule has 2 nitrogen and oxygen atoms in total. The first-order valence-electron chi connectivity index (χ1n) is 6.15. The molecule has 1 unspecified atom stereocenters. The summed E-state index contributed by atoms with van der Waals surface area (Å²) in [5.74, 6) is -0.531. The van der Waals surface area contributed by atoms with Crippen LogP contribution < -0.4 is 0 Å². The van der Waals surface area contributed by atoms with Crippen molar-refractivity contribution < 1.29 is 9.18 Å². The van der Waals surface area contributed by atoms with Crippen molar-refractivity contribution in [3.8, 4) is 5.69 Å². The first-order valence-corrected chi connectivity index (χ1v) is 6.97. The summed E-state index contributed by atoms with van der Waals surface area (Å²) in [5, 5.41) is -0.294. The van der Waals surface area contributed by atoms with Crippen LogP contribution in [0.25, 0.3) is 5.69 Å². The molecule has 2 aromatic rings. The normalized spacial score (nSPS) is 12.5. The quantitative estimate of drug-likeness (QED) is 0.595. The molecule has 0 fully saturated rings. The SMILES string of the molecule is Cc1cc(C(=O)C(C)Cl)c(C)n1-c1ccc(F)cc1Cl. The van der Waals surface area contributed by atoms with Crippen LogP contribution in [0, 0.1) is 19.7 Å². The average Bonchev–Trinajstić information content (AvgIpc) is 2.65. The Morgan fingerprint density at radius 2 is 1.95 bits per heavy atom. The van der Waals surface area contributed by atoms with E-state index in [1.165, 1.54) is 12.1 Å². The molecule has 0 radical (unpaired) electrons. The molecule has 1 aromatic carbocycles. The van der Waals surface area contributed by atoms with Gasteiger partial charge in [0.1, 0.15) is 5.82 Å². The highest BCUT2D eigenvalue weighted by molar-refractivity contribution is 6.34. The summed E-state index contributed by atoms with van der Waals surface area (Å²) in [4.78, 5) is 12.1. The third-order valence-corrected chi connectivity index (χ3v) is 3.71. The van der Waals surface area contributed by atoms with Crippen LogP contribution in [0.4, 0.5) is 4.39 Å². The minimum atomic E-state index is -0.590. The zero-order chi connectivity index (χ0) is 15.0. The molecule has 106 valence electrons. The zero-order valence-corrected chi connectivity index (χ0v) is 12.9. The lowest BCUT2D eigenvalue weighted by Crippen LogP contribution is -2.11. The van der Waals surface area contributed by atoms with E-state index in [-0.39, 0.29) is 5.78 Å². The molecule has 0 amide bonds. The van der Waals surface area contributed by atoms with Gasteiger partial charge < -0.3 is 4.57 Å². The van der Waals surface area contributed by atoms with Crippen molar-refractivity contribution in [2.45, 2.75) is 26.1 Å². The standard InChI is InChI=1S/C15H14Cl2FNO/c1-8-6-12(15(20)9(2)16)10(3)19(8)14-5-4-11(18)7-13(14)17/h4-7,9H,1-3H3. The highest BCUT2D eigenvalue weighted by atomic mass is 35.5. The van der Waals surface area contributed by atoms with Crippen LogP contribution in [0.5, 0.6) is 0 Å². The number of aryl methyl sites for hydroxylation is 1. The first-order chi connectivity index (χ1) is 9.32. The number of aromatic nitrogens is 1. The Morgan fingerprint density at radius 1 is 1.30 bits per heavy atom. The van der Waals surface area contributed by atoms with Gasteiger partial charge in [-0.3, -0.25) is 4.79 Å². The molecule has 0 aliphatic carbocycles. The number of hydrogen-bond acceptors (Lipinski definition) is 1. The van der Waals surface area contributed by atoms with Gasteiger partial charge in [0.05, 0.1) is 16.1 Å². The van der Waals surface area contributed by atoms with Crippen molar-refractivity contribution in [2.24, 2.45) is 0 Å². The highest BCUT2D eigenvalue weighted by Gasteiger charge is 2.20. The van der Waals surface area contributed by atoms with Crippen LogP contribution in [-0.4, -0.2) is 15.7 Å². The van der Waals surface area contributed by atoms with Gasteiger partial charge in [0.15, 0.2) is 5.78 Å². The summed E-state index contributed by atoms with van der Waals surface area (Å²) in [6.07, 6.45) is 0. The minimum Gasteiger partial charge on any atom is -0.316 e. The lowest BCUT2D eigenvalue weighted by molar-refractivity contribution is 0.0991. The fourth-order valence-electron chi connectivity index (χ4n) is 2.26. The van der Waals surface area contributed by atoms with E-state index in [9.17, 15) is 9.18 Å². The number of carbonyl (C=O) groups excluding carboxylic acids is 1. The van der Waals surface area contributed by atoms with E-state index in [2.05, 4.69) is 0 Å². The van der Waals surface area contributed by atoms with E-state index in [4.69, 9.17) is 23.2 Å². The van der Waals surface area contributed by atoms with E-state index in [0.717, 1.165) is 11.4 Å². The second kappa shape index (κ2) is 5.58. The monoisotopic (exact) mass is 313 g/mol. The first kappa shape index (κ1) is 15.1. The number of ketones is 1. The highest BCUT2D eigenvalue weighted by Crippen LogP contribution is 2.28. The Balaban J connectivity index is 2.61. The molecule has 0 saturated heterocycles. The number of nitrogens with zero attached hydrogens (tertiary/aromatic N) is 1. The molecule has 5 heteroatoms. The number of benzene rings is 1. The maximum absolute atomic E-state index is 13.1. The molecular formula is C15H14Cl2FNO. The van der Waals surface area contributed by atoms with E-state index in [1.54, 1.807) is 19.1 Å². The molecule has 2 rings (SSSR count). The maximum Gasteiger partial charge on any atom is 0.182 e. The van der Waals surface area contributed by atoms with Gasteiger partial charge >= 0.3 is 0 Å². The molecule has 0 aliphatic heterocycles. The minimum absolute atomic E-state index is 0.135. The van der Waals surface area contributed by atoms with Gasteiger partial charge in [-0.2, -0.15) is 0 Å². The van der Waals surface area contributed by atoms with Crippen LogP contribution in [0.2, 0.25) is 5.02 Å². The van der Waals surface area contributed by atoms with Crippen molar-refractivity contribution in [2.75, 3.05) is 0 Å². The van der Waals surface area contributed by atoms with Gasteiger partial charge in [0.25, 0.3) is 0 Å². The van der Waals surface area contributed by atoms with E-state index in [1.807, 2.05) is 18.4 Å². The van der Waals surface area contributed by atoms with Crippen LogP contribution >= 0.6 is 23.2 Å². The van der Waals surface area contributed by atoms with Gasteiger partial charge in [-0.05, 0) is 45.0 Å². The smallest absolute Gasteiger partial charge is 0.182 e. The van der Waals surface area contributed by atoms with Crippen LogP contribution in [0.1, 0.15) is 28.7 Å². The largest absolute Gasteiger partial charge is 0.316 e. The molecule has 0 bridgehead atoms. The Morgan fingerprint density at radius 3 is 2.50 bits per heavy atom. The predicted octanol–water partition coefficient (Wildman–Crippen LogP) is 4.70. The summed E-state index contributed by atoms with van der Waals surface area (Å²) in [6, 6.07) is 5.96. The Bertz CT molecular complexity index is 677. The third kappa shape index (κ3) is 2.60.